The molecule has 0 saturated carbocycles. The lowest BCUT2D eigenvalue weighted by molar-refractivity contribution is 0.674. The molecule has 57 heavy (non-hydrogen) atoms. The summed E-state index contributed by atoms with van der Waals surface area (Å²) in [5.74, 6) is 1.57. The molecule has 6 heteroatoms. The van der Waals surface area contributed by atoms with Gasteiger partial charge in [0.05, 0.1) is 21.4 Å². The number of benzene rings is 8. The van der Waals surface area contributed by atoms with Gasteiger partial charge in [0.1, 0.15) is 12.0 Å². The van der Waals surface area contributed by atoms with Crippen LogP contribution in [0.2, 0.25) is 0 Å². The predicted molar refractivity (Wildman–Crippen MR) is 244 cm³/mol. The molecule has 1 aliphatic heterocycles. The van der Waals surface area contributed by atoms with Gasteiger partial charge in [0.2, 0.25) is 0 Å². The average molecular weight is 765 g/mol. The van der Waals surface area contributed by atoms with E-state index in [0.29, 0.717) is 0 Å². The normalized spacial score (nSPS) is 14.5. The minimum atomic E-state index is -0.253. The molecule has 0 bridgehead atoms. The number of nitrogens with zero attached hydrogens (tertiary/aromatic N) is 3. The standard InChI is InChI=1S/C51H32N4S2/c1-3-14-31(15-4-1)49-52-50(32-16-5-2-6-17-32)54-51(53-49)39-23-11-22-38-46-34(20-13-27-45(46)57-47(38)39)33-28-29-44-40(30-33)37-21-12-26-43(48(37)56-44)55-41-24-9-7-18-35(41)36-19-8-10-25-42(36)55/h1-30,49H,(H,52,53,54). The van der Waals surface area contributed by atoms with Crippen LogP contribution in [0.1, 0.15) is 22.9 Å². The fourth-order valence-corrected chi connectivity index (χ4v) is 11.1. The van der Waals surface area contributed by atoms with E-state index in [1.54, 1.807) is 0 Å². The number of amidine groups is 2. The van der Waals surface area contributed by atoms with E-state index < -0.39 is 0 Å². The Balaban J connectivity index is 1.01. The van der Waals surface area contributed by atoms with E-state index in [2.05, 4.69) is 168 Å². The van der Waals surface area contributed by atoms with Crippen LogP contribution in [0.4, 0.5) is 0 Å². The number of aliphatic imine (C=N–C) groups is 2. The van der Waals surface area contributed by atoms with Crippen molar-refractivity contribution in [1.82, 2.24) is 9.88 Å². The minimum absolute atomic E-state index is 0.253. The van der Waals surface area contributed by atoms with Gasteiger partial charge in [0, 0.05) is 57.5 Å². The van der Waals surface area contributed by atoms with Crippen molar-refractivity contribution in [2.45, 2.75) is 6.17 Å². The highest BCUT2D eigenvalue weighted by Gasteiger charge is 2.24. The van der Waals surface area contributed by atoms with Crippen LogP contribution in [0.3, 0.4) is 0 Å². The summed E-state index contributed by atoms with van der Waals surface area (Å²) in [6.07, 6.45) is -0.253. The highest BCUT2D eigenvalue weighted by Crippen LogP contribution is 2.45. The first-order valence-corrected chi connectivity index (χ1v) is 20.8. The molecule has 268 valence electrons. The van der Waals surface area contributed by atoms with Crippen molar-refractivity contribution in [3.63, 3.8) is 0 Å². The second kappa shape index (κ2) is 12.8. The third-order valence-corrected chi connectivity index (χ3v) is 13.7. The van der Waals surface area contributed by atoms with Crippen LogP contribution < -0.4 is 5.32 Å². The van der Waals surface area contributed by atoms with E-state index in [1.165, 1.54) is 79.0 Å². The number of hydrogen-bond acceptors (Lipinski definition) is 5. The van der Waals surface area contributed by atoms with Gasteiger partial charge in [-0.05, 0) is 59.2 Å². The summed E-state index contributed by atoms with van der Waals surface area (Å²) in [5.41, 5.74) is 9.32. The summed E-state index contributed by atoms with van der Waals surface area (Å²) in [4.78, 5) is 10.3. The molecule has 8 aromatic carbocycles. The van der Waals surface area contributed by atoms with Crippen LogP contribution in [-0.2, 0) is 0 Å². The largest absolute Gasteiger partial charge is 0.344 e. The van der Waals surface area contributed by atoms with Crippen LogP contribution >= 0.6 is 22.7 Å². The Kier molecular flexibility index (Phi) is 7.30. The van der Waals surface area contributed by atoms with Crippen LogP contribution in [-0.4, -0.2) is 16.2 Å². The Hall–Kier alpha value is -6.86. The van der Waals surface area contributed by atoms with E-state index in [-0.39, 0.29) is 6.17 Å². The SMILES string of the molecule is c1ccc(C2=NC(c3ccccc3)NC(c3cccc4c3sc3cccc(-c5ccc6sc7c(-n8c9ccccc9c9ccccc98)cccc7c6c5)c34)=N2)cc1. The highest BCUT2D eigenvalue weighted by atomic mass is 32.1. The summed E-state index contributed by atoms with van der Waals surface area (Å²) in [7, 11) is 0. The number of rotatable bonds is 5. The lowest BCUT2D eigenvalue weighted by Crippen LogP contribution is -2.33. The zero-order valence-corrected chi connectivity index (χ0v) is 32.2. The van der Waals surface area contributed by atoms with Crippen molar-refractivity contribution in [2.75, 3.05) is 0 Å². The molecule has 0 aliphatic carbocycles. The summed E-state index contributed by atoms with van der Waals surface area (Å²) in [5, 5.41) is 11.3. The van der Waals surface area contributed by atoms with E-state index >= 15 is 0 Å². The van der Waals surface area contributed by atoms with Gasteiger partial charge in [-0.2, -0.15) is 0 Å². The molecular weight excluding hydrogens is 733 g/mol. The number of para-hydroxylation sites is 2. The molecular formula is C51H32N4S2. The topological polar surface area (TPSA) is 41.7 Å². The lowest BCUT2D eigenvalue weighted by atomic mass is 9.97. The van der Waals surface area contributed by atoms with Gasteiger partial charge in [-0.1, -0.05) is 140 Å². The molecule has 0 spiro atoms. The van der Waals surface area contributed by atoms with E-state index in [1.807, 2.05) is 46.9 Å². The maximum atomic E-state index is 5.18. The van der Waals surface area contributed by atoms with Gasteiger partial charge in [0.15, 0.2) is 5.84 Å². The van der Waals surface area contributed by atoms with Crippen molar-refractivity contribution in [2.24, 2.45) is 9.98 Å². The van der Waals surface area contributed by atoms with Crippen LogP contribution in [0.15, 0.2) is 192 Å². The number of nitrogens with one attached hydrogen (secondary N) is 1. The number of hydrogen-bond donors (Lipinski definition) is 1. The minimum Gasteiger partial charge on any atom is -0.344 e. The molecule has 11 aromatic rings. The Morgan fingerprint density at radius 1 is 0.474 bits per heavy atom. The van der Waals surface area contributed by atoms with Crippen molar-refractivity contribution >= 4 is 96.5 Å². The second-order valence-corrected chi connectivity index (χ2v) is 16.6. The smallest absolute Gasteiger partial charge is 0.159 e. The Morgan fingerprint density at radius 3 is 1.93 bits per heavy atom. The third-order valence-electron chi connectivity index (χ3n) is 11.3. The van der Waals surface area contributed by atoms with Crippen molar-refractivity contribution in [3.8, 4) is 16.8 Å². The fraction of sp³-hybridized carbons (Fsp3) is 0.0196. The second-order valence-electron chi connectivity index (χ2n) is 14.5. The first-order valence-electron chi connectivity index (χ1n) is 19.2. The van der Waals surface area contributed by atoms with Gasteiger partial charge in [0.25, 0.3) is 0 Å². The van der Waals surface area contributed by atoms with Gasteiger partial charge in [-0.3, -0.25) is 0 Å². The van der Waals surface area contributed by atoms with Crippen LogP contribution in [0.25, 0.3) is 79.0 Å². The van der Waals surface area contributed by atoms with Gasteiger partial charge < -0.3 is 9.88 Å². The van der Waals surface area contributed by atoms with Crippen molar-refractivity contribution in [3.05, 3.63) is 199 Å². The Morgan fingerprint density at radius 2 is 1.12 bits per heavy atom. The lowest BCUT2D eigenvalue weighted by Gasteiger charge is -2.24. The maximum absolute atomic E-state index is 5.18. The first-order chi connectivity index (χ1) is 28.3. The van der Waals surface area contributed by atoms with E-state index in [0.717, 1.165) is 28.4 Å². The molecule has 1 N–H and O–H groups in total. The van der Waals surface area contributed by atoms with Gasteiger partial charge in [-0.25, -0.2) is 9.98 Å². The molecule has 12 rings (SSSR count). The number of aromatic nitrogens is 1. The fourth-order valence-electron chi connectivity index (χ4n) is 8.69. The van der Waals surface area contributed by atoms with Gasteiger partial charge in [-0.15, -0.1) is 22.7 Å². The first kappa shape index (κ1) is 32.4. The molecule has 1 aliphatic rings. The molecule has 1 unspecified atom stereocenters. The molecule has 0 saturated heterocycles. The molecule has 0 fully saturated rings. The molecule has 0 amide bonds. The zero-order chi connectivity index (χ0) is 37.5. The molecule has 1 atom stereocenters. The van der Waals surface area contributed by atoms with Gasteiger partial charge >= 0.3 is 0 Å². The Bertz CT molecular complexity index is 3390. The summed E-state index contributed by atoms with van der Waals surface area (Å²) >= 11 is 3.72. The van der Waals surface area contributed by atoms with E-state index in [4.69, 9.17) is 9.98 Å². The predicted octanol–water partition coefficient (Wildman–Crippen LogP) is 13.7. The zero-order valence-electron chi connectivity index (χ0n) is 30.6. The van der Waals surface area contributed by atoms with Crippen molar-refractivity contribution in [1.29, 1.82) is 0 Å². The van der Waals surface area contributed by atoms with Crippen LogP contribution in [0, 0.1) is 0 Å². The number of fused-ring (bicyclic) bond motifs is 9. The Labute approximate surface area is 336 Å². The molecule has 4 heterocycles. The van der Waals surface area contributed by atoms with Crippen LogP contribution in [0.5, 0.6) is 0 Å². The molecule has 4 nitrogen and oxygen atoms in total. The summed E-state index contributed by atoms with van der Waals surface area (Å²) < 4.78 is 7.50. The molecule has 3 aromatic heterocycles. The van der Waals surface area contributed by atoms with Crippen molar-refractivity contribution < 1.29 is 0 Å². The highest BCUT2D eigenvalue weighted by molar-refractivity contribution is 7.26. The van der Waals surface area contributed by atoms with E-state index in [9.17, 15) is 0 Å². The summed E-state index contributed by atoms with van der Waals surface area (Å²) in [6.45, 7) is 0. The summed E-state index contributed by atoms with van der Waals surface area (Å²) in [6, 6.07) is 65.4. The maximum Gasteiger partial charge on any atom is 0.159 e. The number of thiophene rings is 2. The third kappa shape index (κ3) is 5.11. The quantitative estimate of drug-likeness (QED) is 0.186. The molecule has 0 radical (unpaired) electrons. The monoisotopic (exact) mass is 764 g/mol. The average Bonchev–Trinajstić information content (AvgIpc) is 3.96.